The van der Waals surface area contributed by atoms with E-state index in [1.807, 2.05) is 24.3 Å². The Labute approximate surface area is 122 Å². The van der Waals surface area contributed by atoms with Gasteiger partial charge in [0.1, 0.15) is 5.56 Å². The number of pyridine rings is 1. The molecule has 1 amide bonds. The van der Waals surface area contributed by atoms with Crippen LogP contribution in [0.5, 0.6) is 5.88 Å². The second-order valence-electron chi connectivity index (χ2n) is 4.98. The zero-order chi connectivity index (χ0) is 14.8. The number of benzene rings is 1. The van der Waals surface area contributed by atoms with Gasteiger partial charge in [-0.05, 0) is 23.3 Å². The number of methoxy groups -OCH3 is 1. The van der Waals surface area contributed by atoms with Crippen LogP contribution < -0.4 is 10.1 Å². The molecule has 108 valence electrons. The standard InChI is InChI=1S/C16H16N2O3/c1-21-16-12(7-4-8-17-16)15(20)18-14-11-6-3-2-5-10(11)9-13(14)19/h2-8,13-14,19H,9H2,1H3,(H,18,20)/t13-,14+/m0/s1. The van der Waals surface area contributed by atoms with E-state index < -0.39 is 12.1 Å². The normalized spacial score (nSPS) is 19.9. The van der Waals surface area contributed by atoms with Gasteiger partial charge in [-0.2, -0.15) is 0 Å². The van der Waals surface area contributed by atoms with E-state index in [0.29, 0.717) is 12.0 Å². The lowest BCUT2D eigenvalue weighted by atomic mass is 10.1. The molecule has 0 aliphatic heterocycles. The molecule has 1 aromatic heterocycles. The maximum atomic E-state index is 12.4. The molecule has 2 aromatic rings. The summed E-state index contributed by atoms with van der Waals surface area (Å²) < 4.78 is 5.09. The smallest absolute Gasteiger partial charge is 0.257 e. The minimum Gasteiger partial charge on any atom is -0.480 e. The number of hydrogen-bond donors (Lipinski definition) is 2. The molecular formula is C16H16N2O3. The van der Waals surface area contributed by atoms with Gasteiger partial charge in [-0.3, -0.25) is 4.79 Å². The van der Waals surface area contributed by atoms with Crippen LogP contribution in [-0.2, 0) is 6.42 Å². The second-order valence-corrected chi connectivity index (χ2v) is 4.98. The highest BCUT2D eigenvalue weighted by Crippen LogP contribution is 2.31. The van der Waals surface area contributed by atoms with Gasteiger partial charge < -0.3 is 15.2 Å². The maximum absolute atomic E-state index is 12.4. The zero-order valence-corrected chi connectivity index (χ0v) is 11.6. The number of fused-ring (bicyclic) bond motifs is 1. The maximum Gasteiger partial charge on any atom is 0.257 e. The Morgan fingerprint density at radius 3 is 2.95 bits per heavy atom. The minimum absolute atomic E-state index is 0.274. The summed E-state index contributed by atoms with van der Waals surface area (Å²) in [5.74, 6) is -0.0310. The Morgan fingerprint density at radius 2 is 2.14 bits per heavy atom. The van der Waals surface area contributed by atoms with Crippen LogP contribution in [-0.4, -0.2) is 29.2 Å². The summed E-state index contributed by atoms with van der Waals surface area (Å²) in [6.07, 6.45) is 1.50. The molecule has 2 N–H and O–H groups in total. The van der Waals surface area contributed by atoms with Gasteiger partial charge in [-0.25, -0.2) is 4.98 Å². The number of carbonyl (C=O) groups is 1. The van der Waals surface area contributed by atoms with E-state index in [1.54, 1.807) is 18.3 Å². The number of aliphatic hydroxyl groups is 1. The predicted molar refractivity (Wildman–Crippen MR) is 77.1 cm³/mol. The number of rotatable bonds is 3. The van der Waals surface area contributed by atoms with Crippen LogP contribution in [0.25, 0.3) is 0 Å². The van der Waals surface area contributed by atoms with Crippen molar-refractivity contribution in [2.45, 2.75) is 18.6 Å². The van der Waals surface area contributed by atoms with Gasteiger partial charge in [0.05, 0.1) is 19.3 Å². The van der Waals surface area contributed by atoms with E-state index in [4.69, 9.17) is 4.74 Å². The summed E-state index contributed by atoms with van der Waals surface area (Å²) in [6.45, 7) is 0. The number of ether oxygens (including phenoxy) is 1. The minimum atomic E-state index is -0.617. The lowest BCUT2D eigenvalue weighted by molar-refractivity contribution is 0.0854. The van der Waals surface area contributed by atoms with Crippen molar-refractivity contribution in [2.24, 2.45) is 0 Å². The van der Waals surface area contributed by atoms with Crippen molar-refractivity contribution in [3.05, 3.63) is 59.3 Å². The van der Waals surface area contributed by atoms with Crippen LogP contribution in [0, 0.1) is 0 Å². The Morgan fingerprint density at radius 1 is 1.33 bits per heavy atom. The summed E-state index contributed by atoms with van der Waals surface area (Å²) in [7, 11) is 1.47. The van der Waals surface area contributed by atoms with Gasteiger partial charge in [0, 0.05) is 12.6 Å². The van der Waals surface area contributed by atoms with Crippen molar-refractivity contribution < 1.29 is 14.6 Å². The lowest BCUT2D eigenvalue weighted by Gasteiger charge is -2.18. The lowest BCUT2D eigenvalue weighted by Crippen LogP contribution is -2.34. The van der Waals surface area contributed by atoms with Crippen LogP contribution in [0.15, 0.2) is 42.6 Å². The van der Waals surface area contributed by atoms with E-state index in [-0.39, 0.29) is 11.8 Å². The van der Waals surface area contributed by atoms with Gasteiger partial charge in [-0.1, -0.05) is 24.3 Å². The molecule has 0 saturated carbocycles. The average Bonchev–Trinajstić information content (AvgIpc) is 2.83. The molecule has 0 unspecified atom stereocenters. The number of aliphatic hydroxyl groups excluding tert-OH is 1. The SMILES string of the molecule is COc1ncccc1C(=O)N[C@@H]1c2ccccc2C[C@@H]1O. The van der Waals surface area contributed by atoms with Gasteiger partial charge in [0.2, 0.25) is 5.88 Å². The highest BCUT2D eigenvalue weighted by molar-refractivity contribution is 5.96. The summed E-state index contributed by atoms with van der Waals surface area (Å²) in [5, 5.41) is 13.0. The third-order valence-electron chi connectivity index (χ3n) is 3.70. The molecule has 3 rings (SSSR count). The third-order valence-corrected chi connectivity index (χ3v) is 3.70. The molecule has 1 aromatic carbocycles. The molecule has 1 aliphatic rings. The molecule has 0 spiro atoms. The molecule has 5 heteroatoms. The van der Waals surface area contributed by atoms with Crippen molar-refractivity contribution in [2.75, 3.05) is 7.11 Å². The molecule has 0 fully saturated rings. The summed E-state index contributed by atoms with van der Waals surface area (Å²) in [6, 6.07) is 10.6. The number of nitrogens with one attached hydrogen (secondary N) is 1. The Kier molecular flexibility index (Phi) is 3.58. The fraction of sp³-hybridized carbons (Fsp3) is 0.250. The van der Waals surface area contributed by atoms with Gasteiger partial charge in [0.15, 0.2) is 0 Å². The van der Waals surface area contributed by atoms with Crippen molar-refractivity contribution >= 4 is 5.91 Å². The van der Waals surface area contributed by atoms with Crippen LogP contribution in [0.2, 0.25) is 0 Å². The van der Waals surface area contributed by atoms with Crippen molar-refractivity contribution in [3.8, 4) is 5.88 Å². The number of hydrogen-bond acceptors (Lipinski definition) is 4. The molecule has 0 bridgehead atoms. The average molecular weight is 284 g/mol. The largest absolute Gasteiger partial charge is 0.480 e. The topological polar surface area (TPSA) is 71.5 Å². The highest BCUT2D eigenvalue weighted by atomic mass is 16.5. The van der Waals surface area contributed by atoms with Gasteiger partial charge >= 0.3 is 0 Å². The van der Waals surface area contributed by atoms with Gasteiger partial charge in [0.25, 0.3) is 5.91 Å². The van der Waals surface area contributed by atoms with Crippen molar-refractivity contribution in [3.63, 3.8) is 0 Å². The van der Waals surface area contributed by atoms with Crippen molar-refractivity contribution in [1.82, 2.24) is 10.3 Å². The quantitative estimate of drug-likeness (QED) is 0.895. The van der Waals surface area contributed by atoms with E-state index >= 15 is 0 Å². The fourth-order valence-electron chi connectivity index (χ4n) is 2.69. The fourth-order valence-corrected chi connectivity index (χ4v) is 2.69. The molecule has 1 aliphatic carbocycles. The highest BCUT2D eigenvalue weighted by Gasteiger charge is 2.32. The molecule has 1 heterocycles. The van der Waals surface area contributed by atoms with Crippen LogP contribution in [0.1, 0.15) is 27.5 Å². The van der Waals surface area contributed by atoms with Crippen LogP contribution >= 0.6 is 0 Å². The Hall–Kier alpha value is -2.40. The first kappa shape index (κ1) is 13.6. The molecule has 2 atom stereocenters. The third kappa shape index (κ3) is 2.48. The monoisotopic (exact) mass is 284 g/mol. The van der Waals surface area contributed by atoms with E-state index in [1.165, 1.54) is 7.11 Å². The number of amides is 1. The van der Waals surface area contributed by atoms with E-state index in [0.717, 1.165) is 11.1 Å². The first-order valence-electron chi connectivity index (χ1n) is 6.76. The summed E-state index contributed by atoms with van der Waals surface area (Å²) in [5.41, 5.74) is 2.38. The second kappa shape index (κ2) is 5.54. The zero-order valence-electron chi connectivity index (χ0n) is 11.6. The summed E-state index contributed by atoms with van der Waals surface area (Å²) in [4.78, 5) is 16.4. The number of carbonyl (C=O) groups excluding carboxylic acids is 1. The van der Waals surface area contributed by atoms with Crippen molar-refractivity contribution in [1.29, 1.82) is 0 Å². The Balaban J connectivity index is 1.85. The first-order chi connectivity index (χ1) is 10.2. The van der Waals surface area contributed by atoms with Crippen LogP contribution in [0.4, 0.5) is 0 Å². The van der Waals surface area contributed by atoms with Gasteiger partial charge in [-0.15, -0.1) is 0 Å². The molecular weight excluding hydrogens is 268 g/mol. The van der Waals surface area contributed by atoms with E-state index in [2.05, 4.69) is 10.3 Å². The molecule has 21 heavy (non-hydrogen) atoms. The number of nitrogens with zero attached hydrogens (tertiary/aromatic N) is 1. The molecule has 0 saturated heterocycles. The number of aromatic nitrogens is 1. The summed E-state index contributed by atoms with van der Waals surface area (Å²) >= 11 is 0. The van der Waals surface area contributed by atoms with E-state index in [9.17, 15) is 9.90 Å². The van der Waals surface area contributed by atoms with Crippen LogP contribution in [0.3, 0.4) is 0 Å². The molecule has 5 nitrogen and oxygen atoms in total. The molecule has 0 radical (unpaired) electrons. The Bertz CT molecular complexity index is 672. The first-order valence-corrected chi connectivity index (χ1v) is 6.76. The predicted octanol–water partition coefficient (Wildman–Crippen LogP) is 1.48.